The van der Waals surface area contributed by atoms with Crippen LogP contribution in [0.15, 0.2) is 36.4 Å². The summed E-state index contributed by atoms with van der Waals surface area (Å²) in [5, 5.41) is 3.36. The highest BCUT2D eigenvalue weighted by Gasteiger charge is 2.19. The lowest BCUT2D eigenvalue weighted by atomic mass is 10.2. The third-order valence-electron chi connectivity index (χ3n) is 4.08. The fraction of sp³-hybridized carbons (Fsp3) is 0.444. The fourth-order valence-corrected chi connectivity index (χ4v) is 2.84. The third kappa shape index (κ3) is 3.92. The van der Waals surface area contributed by atoms with Gasteiger partial charge in [-0.1, -0.05) is 25.1 Å². The molecule has 0 atom stereocenters. The van der Waals surface area contributed by atoms with Gasteiger partial charge in [0.15, 0.2) is 0 Å². The summed E-state index contributed by atoms with van der Waals surface area (Å²) in [5.74, 6) is 1.77. The highest BCUT2D eigenvalue weighted by atomic mass is 15.3. The van der Waals surface area contributed by atoms with Crippen molar-refractivity contribution in [2.45, 2.75) is 20.3 Å². The van der Waals surface area contributed by atoms with Crippen molar-refractivity contribution in [2.24, 2.45) is 0 Å². The Labute approximate surface area is 138 Å². The molecule has 122 valence electrons. The van der Waals surface area contributed by atoms with Crippen molar-refractivity contribution < 1.29 is 0 Å². The number of aromatic nitrogens is 2. The zero-order chi connectivity index (χ0) is 16.1. The average Bonchev–Trinajstić information content (AvgIpc) is 2.60. The first-order chi connectivity index (χ1) is 11.3. The second-order valence-corrected chi connectivity index (χ2v) is 5.93. The van der Waals surface area contributed by atoms with Crippen LogP contribution < -0.4 is 15.1 Å². The molecule has 1 N–H and O–H groups in total. The quantitative estimate of drug-likeness (QED) is 0.920. The van der Waals surface area contributed by atoms with E-state index in [1.54, 1.807) is 0 Å². The number of anilines is 3. The van der Waals surface area contributed by atoms with Crippen LogP contribution >= 0.6 is 0 Å². The van der Waals surface area contributed by atoms with Crippen LogP contribution in [0.4, 0.5) is 17.5 Å². The zero-order valence-corrected chi connectivity index (χ0v) is 14.0. The molecule has 1 aliphatic rings. The van der Waals surface area contributed by atoms with Gasteiger partial charge < -0.3 is 15.1 Å². The number of nitrogens with one attached hydrogen (secondary N) is 1. The fourth-order valence-electron chi connectivity index (χ4n) is 2.84. The van der Waals surface area contributed by atoms with Crippen LogP contribution in [0.25, 0.3) is 0 Å². The molecule has 5 nitrogen and oxygen atoms in total. The first-order valence-electron chi connectivity index (χ1n) is 8.41. The normalized spacial score (nSPS) is 14.9. The van der Waals surface area contributed by atoms with Gasteiger partial charge in [0.25, 0.3) is 0 Å². The molecule has 0 saturated carbocycles. The summed E-state index contributed by atoms with van der Waals surface area (Å²) in [6, 6.07) is 12.6. The molecule has 1 aromatic carbocycles. The van der Waals surface area contributed by atoms with Crippen LogP contribution in [-0.4, -0.2) is 42.7 Å². The van der Waals surface area contributed by atoms with Crippen LogP contribution in [0.5, 0.6) is 0 Å². The Hall–Kier alpha value is -2.30. The van der Waals surface area contributed by atoms with Crippen molar-refractivity contribution in [3.63, 3.8) is 0 Å². The Kier molecular flexibility index (Phi) is 4.95. The standard InChI is InChI=1S/C18H25N5/c1-3-9-19-17-14-15(2)20-18(21-17)23-12-10-22(11-13-23)16-7-5-4-6-8-16/h4-8,14H,3,9-13H2,1-2H3,(H,19,20,21). The molecular formula is C18H25N5. The monoisotopic (exact) mass is 311 g/mol. The first-order valence-corrected chi connectivity index (χ1v) is 8.41. The molecule has 2 heterocycles. The van der Waals surface area contributed by atoms with Gasteiger partial charge in [0.05, 0.1) is 0 Å². The molecule has 0 aliphatic carbocycles. The first kappa shape index (κ1) is 15.6. The van der Waals surface area contributed by atoms with E-state index < -0.39 is 0 Å². The lowest BCUT2D eigenvalue weighted by molar-refractivity contribution is 0.639. The molecule has 1 aliphatic heterocycles. The van der Waals surface area contributed by atoms with E-state index >= 15 is 0 Å². The van der Waals surface area contributed by atoms with Crippen LogP contribution in [0.3, 0.4) is 0 Å². The summed E-state index contributed by atoms with van der Waals surface area (Å²) >= 11 is 0. The maximum atomic E-state index is 4.68. The molecule has 1 fully saturated rings. The number of benzene rings is 1. The number of rotatable bonds is 5. The minimum absolute atomic E-state index is 0.844. The third-order valence-corrected chi connectivity index (χ3v) is 4.08. The number of hydrogen-bond donors (Lipinski definition) is 1. The van der Waals surface area contributed by atoms with Crippen LogP contribution in [-0.2, 0) is 0 Å². The van der Waals surface area contributed by atoms with E-state index in [2.05, 4.69) is 62.3 Å². The SMILES string of the molecule is CCCNc1cc(C)nc(N2CCN(c3ccccc3)CC2)n1. The summed E-state index contributed by atoms with van der Waals surface area (Å²) in [4.78, 5) is 14.0. The van der Waals surface area contributed by atoms with Gasteiger partial charge >= 0.3 is 0 Å². The molecule has 1 aromatic heterocycles. The van der Waals surface area contributed by atoms with Gasteiger partial charge in [0.2, 0.25) is 5.95 Å². The Morgan fingerprint density at radius 3 is 2.39 bits per heavy atom. The summed E-state index contributed by atoms with van der Waals surface area (Å²) in [6.07, 6.45) is 1.09. The number of aryl methyl sites for hydroxylation is 1. The van der Waals surface area contributed by atoms with E-state index in [0.29, 0.717) is 0 Å². The molecule has 2 aromatic rings. The lowest BCUT2D eigenvalue weighted by Crippen LogP contribution is -2.47. The summed E-state index contributed by atoms with van der Waals surface area (Å²) in [5.41, 5.74) is 2.31. The smallest absolute Gasteiger partial charge is 0.227 e. The highest BCUT2D eigenvalue weighted by Crippen LogP contribution is 2.19. The van der Waals surface area contributed by atoms with Crippen molar-refractivity contribution in [1.29, 1.82) is 0 Å². The Bertz CT molecular complexity index is 621. The van der Waals surface area contributed by atoms with Crippen LogP contribution in [0, 0.1) is 6.92 Å². The second kappa shape index (κ2) is 7.31. The van der Waals surface area contributed by atoms with Gasteiger partial charge in [0.1, 0.15) is 5.82 Å². The van der Waals surface area contributed by atoms with E-state index in [4.69, 9.17) is 0 Å². The maximum absolute atomic E-state index is 4.68. The predicted octanol–water partition coefficient (Wildman–Crippen LogP) is 2.93. The number of piperazine rings is 1. The van der Waals surface area contributed by atoms with E-state index in [9.17, 15) is 0 Å². The molecule has 0 unspecified atom stereocenters. The number of para-hydroxylation sites is 1. The van der Waals surface area contributed by atoms with E-state index in [1.807, 2.05) is 13.0 Å². The molecule has 5 heteroatoms. The molecule has 1 saturated heterocycles. The lowest BCUT2D eigenvalue weighted by Gasteiger charge is -2.36. The predicted molar refractivity (Wildman–Crippen MR) is 96.4 cm³/mol. The summed E-state index contributed by atoms with van der Waals surface area (Å²) < 4.78 is 0. The number of nitrogens with zero attached hydrogens (tertiary/aromatic N) is 4. The minimum atomic E-state index is 0.844. The van der Waals surface area contributed by atoms with Crippen molar-refractivity contribution in [2.75, 3.05) is 47.8 Å². The van der Waals surface area contributed by atoms with Gasteiger partial charge in [0, 0.05) is 50.2 Å². The molecule has 0 amide bonds. The van der Waals surface area contributed by atoms with Gasteiger partial charge in [-0.15, -0.1) is 0 Å². The van der Waals surface area contributed by atoms with Crippen LogP contribution in [0.1, 0.15) is 19.0 Å². The van der Waals surface area contributed by atoms with Crippen LogP contribution in [0.2, 0.25) is 0 Å². The molecule has 0 radical (unpaired) electrons. The van der Waals surface area contributed by atoms with Gasteiger partial charge in [-0.25, -0.2) is 4.98 Å². The topological polar surface area (TPSA) is 44.3 Å². The molecular weight excluding hydrogens is 286 g/mol. The average molecular weight is 311 g/mol. The Morgan fingerprint density at radius 2 is 1.70 bits per heavy atom. The van der Waals surface area contributed by atoms with Crippen molar-refractivity contribution in [3.8, 4) is 0 Å². The molecule has 0 spiro atoms. The maximum Gasteiger partial charge on any atom is 0.227 e. The minimum Gasteiger partial charge on any atom is -0.370 e. The van der Waals surface area contributed by atoms with E-state index in [-0.39, 0.29) is 0 Å². The number of hydrogen-bond acceptors (Lipinski definition) is 5. The van der Waals surface area contributed by atoms with E-state index in [1.165, 1.54) is 5.69 Å². The summed E-state index contributed by atoms with van der Waals surface area (Å²) in [7, 11) is 0. The van der Waals surface area contributed by atoms with Gasteiger partial charge in [-0.3, -0.25) is 0 Å². The van der Waals surface area contributed by atoms with E-state index in [0.717, 1.165) is 56.6 Å². The van der Waals surface area contributed by atoms with Crippen molar-refractivity contribution in [3.05, 3.63) is 42.1 Å². The van der Waals surface area contributed by atoms with Crippen molar-refractivity contribution in [1.82, 2.24) is 9.97 Å². The molecule has 23 heavy (non-hydrogen) atoms. The zero-order valence-electron chi connectivity index (χ0n) is 14.0. The highest BCUT2D eigenvalue weighted by molar-refractivity contribution is 5.49. The summed E-state index contributed by atoms with van der Waals surface area (Å²) in [6.45, 7) is 9.03. The largest absolute Gasteiger partial charge is 0.370 e. The van der Waals surface area contributed by atoms with Gasteiger partial charge in [-0.2, -0.15) is 4.98 Å². The molecule has 0 bridgehead atoms. The molecule has 3 rings (SSSR count). The van der Waals surface area contributed by atoms with Crippen molar-refractivity contribution >= 4 is 17.5 Å². The Morgan fingerprint density at radius 1 is 1.00 bits per heavy atom. The Balaban J connectivity index is 1.66. The second-order valence-electron chi connectivity index (χ2n) is 5.93. The van der Waals surface area contributed by atoms with Gasteiger partial charge in [-0.05, 0) is 25.5 Å².